The van der Waals surface area contributed by atoms with Crippen molar-refractivity contribution in [1.29, 1.82) is 0 Å². The number of rotatable bonds is 2. The Morgan fingerprint density at radius 1 is 0.879 bits per heavy atom. The molecule has 0 amide bonds. The number of nitrogens with zero attached hydrogens (tertiary/aromatic N) is 1. The Balaban J connectivity index is 0.000000183. The van der Waals surface area contributed by atoms with Crippen LogP contribution in [0.4, 0.5) is 0 Å². The molecule has 2 heterocycles. The molecule has 7 heteroatoms. The van der Waals surface area contributed by atoms with Gasteiger partial charge in [-0.05, 0) is 48.9 Å². The van der Waals surface area contributed by atoms with E-state index in [-0.39, 0.29) is 10.6 Å². The Labute approximate surface area is 204 Å². The van der Waals surface area contributed by atoms with E-state index in [9.17, 15) is 9.59 Å². The predicted octanol–water partition coefficient (Wildman–Crippen LogP) is 7.78. The molecule has 4 nitrogen and oxygen atoms in total. The van der Waals surface area contributed by atoms with E-state index in [2.05, 4.69) is 4.98 Å². The number of carbonyl (C=O) groups is 1. The van der Waals surface area contributed by atoms with Gasteiger partial charge in [0.15, 0.2) is 11.7 Å². The van der Waals surface area contributed by atoms with Crippen molar-refractivity contribution in [1.82, 2.24) is 4.98 Å². The fraction of sp³-hybridized carbons (Fsp3) is 0.0385. The highest BCUT2D eigenvalue weighted by molar-refractivity contribution is 6.38. The molecule has 0 saturated carbocycles. The van der Waals surface area contributed by atoms with Crippen LogP contribution < -0.4 is 5.43 Å². The van der Waals surface area contributed by atoms with E-state index in [1.165, 1.54) is 12.3 Å². The van der Waals surface area contributed by atoms with Crippen LogP contribution in [0.3, 0.4) is 0 Å². The van der Waals surface area contributed by atoms with E-state index in [0.717, 1.165) is 22.1 Å². The maximum absolute atomic E-state index is 11.2. The van der Waals surface area contributed by atoms with E-state index in [1.54, 1.807) is 30.3 Å². The summed E-state index contributed by atoms with van der Waals surface area (Å²) >= 11 is 18.6. The van der Waals surface area contributed by atoms with Crippen molar-refractivity contribution < 1.29 is 9.21 Å². The first-order chi connectivity index (χ1) is 15.9. The van der Waals surface area contributed by atoms with Gasteiger partial charge in [0, 0.05) is 32.6 Å². The van der Waals surface area contributed by atoms with Crippen LogP contribution >= 0.6 is 34.8 Å². The molecule has 164 valence electrons. The normalized spacial score (nSPS) is 10.7. The molecule has 0 N–H and O–H groups in total. The molecule has 33 heavy (non-hydrogen) atoms. The van der Waals surface area contributed by atoms with Gasteiger partial charge in [-0.25, -0.2) is 4.98 Å². The van der Waals surface area contributed by atoms with Gasteiger partial charge in [0.1, 0.15) is 10.7 Å². The predicted molar refractivity (Wildman–Crippen MR) is 135 cm³/mol. The Kier molecular flexibility index (Phi) is 6.80. The Morgan fingerprint density at radius 3 is 2.42 bits per heavy atom. The number of benzene rings is 3. The van der Waals surface area contributed by atoms with Gasteiger partial charge in [-0.2, -0.15) is 0 Å². The first kappa shape index (κ1) is 23.0. The van der Waals surface area contributed by atoms with Crippen LogP contribution in [0.2, 0.25) is 15.2 Å². The third-order valence-corrected chi connectivity index (χ3v) is 5.96. The summed E-state index contributed by atoms with van der Waals surface area (Å²) < 4.78 is 5.17. The molecule has 0 unspecified atom stereocenters. The van der Waals surface area contributed by atoms with Crippen LogP contribution in [0.25, 0.3) is 33.0 Å². The van der Waals surface area contributed by atoms with Gasteiger partial charge in [-0.1, -0.05) is 59.1 Å². The minimum absolute atomic E-state index is 0.0104. The van der Waals surface area contributed by atoms with Crippen molar-refractivity contribution in [2.24, 2.45) is 0 Å². The molecule has 0 saturated heterocycles. The van der Waals surface area contributed by atoms with Gasteiger partial charge in [0.25, 0.3) is 0 Å². The largest absolute Gasteiger partial charge is 0.464 e. The number of aldehydes is 1. The number of aryl methyl sites for hydroxylation is 1. The third-order valence-electron chi connectivity index (χ3n) is 5.02. The number of hydrogen-bond acceptors (Lipinski definition) is 4. The van der Waals surface area contributed by atoms with Crippen molar-refractivity contribution in [3.8, 4) is 11.1 Å². The molecule has 0 aliphatic carbocycles. The molecule has 3 aromatic carbocycles. The molecule has 0 radical (unpaired) electrons. The molecule has 5 rings (SSSR count). The van der Waals surface area contributed by atoms with Crippen LogP contribution in [0.15, 0.2) is 82.2 Å². The minimum Gasteiger partial charge on any atom is -0.464 e. The fourth-order valence-corrected chi connectivity index (χ4v) is 4.11. The Bertz CT molecular complexity index is 1560. The molecule has 2 aromatic heterocycles. The van der Waals surface area contributed by atoms with Gasteiger partial charge in [-0.15, -0.1) is 0 Å². The summed E-state index contributed by atoms with van der Waals surface area (Å²) in [6.07, 6.45) is 2.09. The SMILES string of the molecule is Cc1ccc2c(=O)ccoc2c1.O=Cc1cc2c(-c3ccccc3Cl)c(Cl)ccc2nc1Cl. The molecular weight excluding hydrogens is 481 g/mol. The van der Waals surface area contributed by atoms with Crippen molar-refractivity contribution in [3.05, 3.63) is 110 Å². The van der Waals surface area contributed by atoms with E-state index in [1.807, 2.05) is 37.3 Å². The number of pyridine rings is 1. The summed E-state index contributed by atoms with van der Waals surface area (Å²) in [5.41, 5.74) is 4.27. The van der Waals surface area contributed by atoms with Gasteiger partial charge < -0.3 is 4.42 Å². The number of fused-ring (bicyclic) bond motifs is 2. The number of halogens is 3. The molecule has 0 atom stereocenters. The monoisotopic (exact) mass is 495 g/mol. The molecule has 0 spiro atoms. The molecule has 5 aromatic rings. The average Bonchev–Trinajstić information content (AvgIpc) is 2.80. The number of hydrogen-bond donors (Lipinski definition) is 0. The van der Waals surface area contributed by atoms with Crippen molar-refractivity contribution >= 4 is 63.0 Å². The smallest absolute Gasteiger partial charge is 0.192 e. The summed E-state index contributed by atoms with van der Waals surface area (Å²) in [5.74, 6) is 0. The standard InChI is InChI=1S/C16H8Cl3NO.C10H8O2/c17-12-4-2-1-3-10(12)15-11-7-9(8-21)16(19)20-14(11)6-5-13(15)18;1-7-2-3-8-9(11)4-5-12-10(8)6-7/h1-8H;2-6H,1H3. The zero-order valence-electron chi connectivity index (χ0n) is 17.3. The van der Waals surface area contributed by atoms with Crippen LogP contribution in [-0.2, 0) is 0 Å². The second kappa shape index (κ2) is 9.75. The summed E-state index contributed by atoms with van der Waals surface area (Å²) in [7, 11) is 0. The summed E-state index contributed by atoms with van der Waals surface area (Å²) in [5, 5.41) is 2.67. The lowest BCUT2D eigenvalue weighted by molar-refractivity contribution is 0.112. The number of aromatic nitrogens is 1. The fourth-order valence-electron chi connectivity index (χ4n) is 3.42. The molecule has 0 bridgehead atoms. The van der Waals surface area contributed by atoms with E-state index in [0.29, 0.717) is 38.4 Å². The lowest BCUT2D eigenvalue weighted by atomic mass is 9.99. The topological polar surface area (TPSA) is 60.2 Å². The molecule has 0 fully saturated rings. The van der Waals surface area contributed by atoms with E-state index in [4.69, 9.17) is 39.2 Å². The second-order valence-corrected chi connectivity index (χ2v) is 8.41. The van der Waals surface area contributed by atoms with Gasteiger partial charge in [0.05, 0.1) is 22.7 Å². The Hall–Kier alpha value is -3.18. The second-order valence-electron chi connectivity index (χ2n) is 7.24. The summed E-state index contributed by atoms with van der Waals surface area (Å²) in [6.45, 7) is 1.96. The maximum Gasteiger partial charge on any atom is 0.192 e. The van der Waals surface area contributed by atoms with E-state index >= 15 is 0 Å². The summed E-state index contributed by atoms with van der Waals surface area (Å²) in [4.78, 5) is 26.6. The zero-order valence-corrected chi connectivity index (χ0v) is 19.6. The number of carbonyl (C=O) groups excluding carboxylic acids is 1. The average molecular weight is 497 g/mol. The quantitative estimate of drug-likeness (QED) is 0.185. The highest BCUT2D eigenvalue weighted by atomic mass is 35.5. The first-order valence-corrected chi connectivity index (χ1v) is 11.0. The zero-order chi connectivity index (χ0) is 23.5. The van der Waals surface area contributed by atoms with Crippen LogP contribution in [0.5, 0.6) is 0 Å². The van der Waals surface area contributed by atoms with Gasteiger partial charge in [-0.3, -0.25) is 9.59 Å². The highest BCUT2D eigenvalue weighted by Crippen LogP contribution is 2.39. The third kappa shape index (κ3) is 4.79. The van der Waals surface area contributed by atoms with Crippen LogP contribution in [0.1, 0.15) is 15.9 Å². The first-order valence-electron chi connectivity index (χ1n) is 9.86. The Morgan fingerprint density at radius 2 is 1.67 bits per heavy atom. The van der Waals surface area contributed by atoms with Gasteiger partial charge >= 0.3 is 0 Å². The highest BCUT2D eigenvalue weighted by Gasteiger charge is 2.14. The van der Waals surface area contributed by atoms with Crippen molar-refractivity contribution in [3.63, 3.8) is 0 Å². The minimum atomic E-state index is 0.0104. The van der Waals surface area contributed by atoms with Crippen LogP contribution in [-0.4, -0.2) is 11.3 Å². The van der Waals surface area contributed by atoms with Gasteiger partial charge in [0.2, 0.25) is 0 Å². The lowest BCUT2D eigenvalue weighted by Crippen LogP contribution is -1.97. The maximum atomic E-state index is 11.2. The molecule has 0 aliphatic rings. The molecular formula is C26H16Cl3NO3. The van der Waals surface area contributed by atoms with Crippen LogP contribution in [0, 0.1) is 6.92 Å². The summed E-state index contributed by atoms with van der Waals surface area (Å²) in [6, 6.07) is 19.5. The van der Waals surface area contributed by atoms with E-state index < -0.39 is 0 Å². The van der Waals surface area contributed by atoms with Crippen molar-refractivity contribution in [2.75, 3.05) is 0 Å². The lowest BCUT2D eigenvalue weighted by Gasteiger charge is -2.11. The van der Waals surface area contributed by atoms with Crippen molar-refractivity contribution in [2.45, 2.75) is 6.92 Å². The molecule has 0 aliphatic heterocycles.